The molecule has 0 heterocycles. The molecule has 0 aliphatic rings. The van der Waals surface area contributed by atoms with E-state index < -0.39 is 0 Å². The summed E-state index contributed by atoms with van der Waals surface area (Å²) in [4.78, 5) is 12.4. The Bertz CT molecular complexity index is 398. The molecule has 0 saturated carbocycles. The van der Waals surface area contributed by atoms with E-state index in [9.17, 15) is 4.79 Å². The maximum atomic E-state index is 11.3. The molecule has 1 aromatic rings. The van der Waals surface area contributed by atoms with Crippen molar-refractivity contribution < 1.29 is 4.79 Å². The Morgan fingerprint density at radius 2 is 2.22 bits per heavy atom. The average molecular weight is 287 g/mol. The van der Waals surface area contributed by atoms with Gasteiger partial charge < -0.3 is 11.1 Å². The third kappa shape index (κ3) is 5.76. The van der Waals surface area contributed by atoms with E-state index in [2.05, 4.69) is 5.32 Å². The van der Waals surface area contributed by atoms with Crippen LogP contribution in [0.4, 0.5) is 0 Å². The fraction of sp³-hybridized carbons (Fsp3) is 0.462. The Labute approximate surface area is 117 Å². The van der Waals surface area contributed by atoms with Gasteiger partial charge in [-0.1, -0.05) is 31.5 Å². The number of benzene rings is 1. The van der Waals surface area contributed by atoms with Crippen LogP contribution in [-0.2, 0) is 4.79 Å². The van der Waals surface area contributed by atoms with Gasteiger partial charge in [0, 0.05) is 16.0 Å². The Morgan fingerprint density at radius 3 is 2.78 bits per heavy atom. The van der Waals surface area contributed by atoms with Crippen LogP contribution in [0.25, 0.3) is 0 Å². The van der Waals surface area contributed by atoms with Crippen LogP contribution in [0.2, 0.25) is 5.02 Å². The van der Waals surface area contributed by atoms with Gasteiger partial charge in [-0.2, -0.15) is 0 Å². The van der Waals surface area contributed by atoms with Crippen LogP contribution in [0.3, 0.4) is 0 Å². The molecule has 0 radical (unpaired) electrons. The first kappa shape index (κ1) is 15.3. The number of hydrogen-bond acceptors (Lipinski definition) is 3. The SMILES string of the molecule is CC(C)NC(CCSc1cccc(Cl)c1)C(N)=O. The molecular weight excluding hydrogens is 268 g/mol. The second-order valence-electron chi connectivity index (χ2n) is 4.37. The van der Waals surface area contributed by atoms with E-state index in [-0.39, 0.29) is 18.0 Å². The predicted octanol–water partition coefficient (Wildman–Crippen LogP) is 2.67. The first-order chi connectivity index (χ1) is 8.49. The highest BCUT2D eigenvalue weighted by atomic mass is 35.5. The number of thioether (sulfide) groups is 1. The van der Waals surface area contributed by atoms with Gasteiger partial charge in [0.25, 0.3) is 0 Å². The lowest BCUT2D eigenvalue weighted by Gasteiger charge is -2.17. The Morgan fingerprint density at radius 1 is 1.50 bits per heavy atom. The van der Waals surface area contributed by atoms with Crippen molar-refractivity contribution in [1.29, 1.82) is 0 Å². The van der Waals surface area contributed by atoms with Crippen LogP contribution in [-0.4, -0.2) is 23.7 Å². The van der Waals surface area contributed by atoms with Gasteiger partial charge in [-0.25, -0.2) is 0 Å². The maximum absolute atomic E-state index is 11.3. The van der Waals surface area contributed by atoms with Gasteiger partial charge in [-0.3, -0.25) is 4.79 Å². The second-order valence-corrected chi connectivity index (χ2v) is 5.98. The fourth-order valence-corrected chi connectivity index (χ4v) is 2.79. The van der Waals surface area contributed by atoms with Crippen LogP contribution in [0.1, 0.15) is 20.3 Å². The van der Waals surface area contributed by atoms with Gasteiger partial charge in [0.1, 0.15) is 0 Å². The molecule has 18 heavy (non-hydrogen) atoms. The molecule has 1 atom stereocenters. The minimum Gasteiger partial charge on any atom is -0.368 e. The van der Waals surface area contributed by atoms with E-state index >= 15 is 0 Å². The quantitative estimate of drug-likeness (QED) is 0.758. The molecule has 0 fully saturated rings. The summed E-state index contributed by atoms with van der Waals surface area (Å²) in [5.74, 6) is 0.531. The Balaban J connectivity index is 2.41. The van der Waals surface area contributed by atoms with Crippen molar-refractivity contribution in [2.24, 2.45) is 5.73 Å². The molecule has 1 amide bonds. The maximum Gasteiger partial charge on any atom is 0.234 e. The van der Waals surface area contributed by atoms with E-state index in [0.717, 1.165) is 15.7 Å². The Hall–Kier alpha value is -0.710. The first-order valence-corrected chi connectivity index (χ1v) is 7.29. The largest absolute Gasteiger partial charge is 0.368 e. The van der Waals surface area contributed by atoms with Crippen LogP contribution < -0.4 is 11.1 Å². The molecule has 0 aliphatic heterocycles. The summed E-state index contributed by atoms with van der Waals surface area (Å²) in [5.41, 5.74) is 5.36. The van der Waals surface area contributed by atoms with Crippen LogP contribution in [0.15, 0.2) is 29.2 Å². The first-order valence-electron chi connectivity index (χ1n) is 5.92. The van der Waals surface area contributed by atoms with Crippen molar-refractivity contribution >= 4 is 29.3 Å². The molecule has 100 valence electrons. The highest BCUT2D eigenvalue weighted by molar-refractivity contribution is 7.99. The molecule has 0 aromatic heterocycles. The summed E-state index contributed by atoms with van der Waals surface area (Å²) in [6.07, 6.45) is 0.713. The van der Waals surface area contributed by atoms with Crippen LogP contribution in [0, 0.1) is 0 Å². The number of nitrogens with two attached hydrogens (primary N) is 1. The average Bonchev–Trinajstić information content (AvgIpc) is 2.27. The van der Waals surface area contributed by atoms with E-state index in [1.807, 2.05) is 38.1 Å². The van der Waals surface area contributed by atoms with Gasteiger partial charge in [0.05, 0.1) is 6.04 Å². The molecule has 0 bridgehead atoms. The number of nitrogens with one attached hydrogen (secondary N) is 1. The zero-order valence-electron chi connectivity index (χ0n) is 10.7. The van der Waals surface area contributed by atoms with E-state index in [4.69, 9.17) is 17.3 Å². The fourth-order valence-electron chi connectivity index (χ4n) is 1.56. The topological polar surface area (TPSA) is 55.1 Å². The van der Waals surface area contributed by atoms with Crippen LogP contribution in [0.5, 0.6) is 0 Å². The second kappa shape index (κ2) is 7.67. The van der Waals surface area contributed by atoms with E-state index in [1.165, 1.54) is 0 Å². The summed E-state index contributed by atoms with van der Waals surface area (Å²) in [6, 6.07) is 7.67. The number of carbonyl (C=O) groups is 1. The standard InChI is InChI=1S/C13H19ClN2OS/c1-9(2)16-12(13(15)17)6-7-18-11-5-3-4-10(14)8-11/h3-5,8-9,12,16H,6-7H2,1-2H3,(H2,15,17). The number of rotatable bonds is 7. The van der Waals surface area contributed by atoms with Crippen molar-refractivity contribution in [3.8, 4) is 0 Å². The normalized spacial score (nSPS) is 12.7. The van der Waals surface area contributed by atoms with Crippen LogP contribution >= 0.6 is 23.4 Å². The molecule has 1 unspecified atom stereocenters. The van der Waals surface area contributed by atoms with Crippen molar-refractivity contribution in [2.45, 2.75) is 37.2 Å². The number of carbonyl (C=O) groups excluding carboxylic acids is 1. The molecule has 0 spiro atoms. The lowest BCUT2D eigenvalue weighted by molar-refractivity contribution is -0.120. The molecule has 0 aliphatic carbocycles. The minimum atomic E-state index is -0.296. The van der Waals surface area contributed by atoms with E-state index in [1.54, 1.807) is 11.8 Å². The van der Waals surface area contributed by atoms with E-state index in [0.29, 0.717) is 6.42 Å². The summed E-state index contributed by atoms with van der Waals surface area (Å²) in [7, 11) is 0. The number of amides is 1. The summed E-state index contributed by atoms with van der Waals surface area (Å²) < 4.78 is 0. The third-order valence-electron chi connectivity index (χ3n) is 2.35. The summed E-state index contributed by atoms with van der Waals surface area (Å²) >= 11 is 7.58. The van der Waals surface area contributed by atoms with Crippen molar-refractivity contribution in [3.63, 3.8) is 0 Å². The van der Waals surface area contributed by atoms with Crippen molar-refractivity contribution in [2.75, 3.05) is 5.75 Å². The number of hydrogen-bond donors (Lipinski definition) is 2. The zero-order valence-corrected chi connectivity index (χ0v) is 12.2. The lowest BCUT2D eigenvalue weighted by Crippen LogP contribution is -2.44. The van der Waals surface area contributed by atoms with Crippen molar-refractivity contribution in [3.05, 3.63) is 29.3 Å². The number of halogens is 1. The molecule has 3 N–H and O–H groups in total. The smallest absolute Gasteiger partial charge is 0.234 e. The summed E-state index contributed by atoms with van der Waals surface area (Å²) in [6.45, 7) is 4.00. The molecule has 1 aromatic carbocycles. The molecule has 5 heteroatoms. The van der Waals surface area contributed by atoms with Gasteiger partial charge in [0.2, 0.25) is 5.91 Å². The predicted molar refractivity (Wildman–Crippen MR) is 78.0 cm³/mol. The van der Waals surface area contributed by atoms with Crippen molar-refractivity contribution in [1.82, 2.24) is 5.32 Å². The monoisotopic (exact) mass is 286 g/mol. The minimum absolute atomic E-state index is 0.249. The van der Waals surface area contributed by atoms with Gasteiger partial charge in [-0.05, 0) is 30.4 Å². The van der Waals surface area contributed by atoms with Gasteiger partial charge in [0.15, 0.2) is 0 Å². The third-order valence-corrected chi connectivity index (χ3v) is 3.61. The zero-order chi connectivity index (χ0) is 13.5. The highest BCUT2D eigenvalue weighted by Gasteiger charge is 2.15. The Kier molecular flexibility index (Phi) is 6.54. The lowest BCUT2D eigenvalue weighted by atomic mass is 10.2. The van der Waals surface area contributed by atoms with Gasteiger partial charge >= 0.3 is 0 Å². The molecule has 0 saturated heterocycles. The molecular formula is C13H19ClN2OS. The highest BCUT2D eigenvalue weighted by Crippen LogP contribution is 2.22. The number of primary amides is 1. The molecule has 1 rings (SSSR count). The molecule has 3 nitrogen and oxygen atoms in total. The van der Waals surface area contributed by atoms with Gasteiger partial charge in [-0.15, -0.1) is 11.8 Å². The summed E-state index contributed by atoms with van der Waals surface area (Å²) in [5, 5.41) is 3.89.